The lowest BCUT2D eigenvalue weighted by molar-refractivity contribution is 1.29. The molecule has 55 heavy (non-hydrogen) atoms. The Kier molecular flexibility index (Phi) is 9.41. The Morgan fingerprint density at radius 3 is 1.07 bits per heavy atom. The minimum Gasteiger partial charge on any atom is -0.310 e. The van der Waals surface area contributed by atoms with E-state index in [-0.39, 0.29) is 0 Å². The van der Waals surface area contributed by atoms with Gasteiger partial charge >= 0.3 is 0 Å². The molecular weight excluding hydrogens is 663 g/mol. The molecule has 9 aromatic rings. The van der Waals surface area contributed by atoms with E-state index in [1.54, 1.807) is 0 Å². The van der Waals surface area contributed by atoms with Crippen LogP contribution in [0, 0.1) is 0 Å². The SMILES string of the molecule is C(=C\c1ccc(N(c2ccccc2)c2ccc3c(-c4ccccc4)c(-c4ccccc4)c(-c4ccccc4)c(-c4ccccc4)c3c2)cc1)/c1ccccc1. The fourth-order valence-electron chi connectivity index (χ4n) is 7.73. The molecule has 0 atom stereocenters. The van der Waals surface area contributed by atoms with Gasteiger partial charge in [0.1, 0.15) is 0 Å². The fraction of sp³-hybridized carbons (Fsp3) is 0. The van der Waals surface area contributed by atoms with Crippen molar-refractivity contribution in [3.63, 3.8) is 0 Å². The molecule has 1 heteroatoms. The molecule has 0 amide bonds. The molecule has 0 heterocycles. The first kappa shape index (κ1) is 33.6. The Balaban J connectivity index is 1.33. The predicted molar refractivity (Wildman–Crippen MR) is 236 cm³/mol. The lowest BCUT2D eigenvalue weighted by Gasteiger charge is -2.28. The van der Waals surface area contributed by atoms with Gasteiger partial charge in [-0.15, -0.1) is 0 Å². The summed E-state index contributed by atoms with van der Waals surface area (Å²) in [5.41, 5.74) is 15.3. The van der Waals surface area contributed by atoms with Gasteiger partial charge in [0.05, 0.1) is 0 Å². The number of fused-ring (bicyclic) bond motifs is 1. The number of nitrogens with zero attached hydrogens (tertiary/aromatic N) is 1. The fourth-order valence-corrected chi connectivity index (χ4v) is 7.73. The van der Waals surface area contributed by atoms with E-state index in [0.717, 1.165) is 22.6 Å². The van der Waals surface area contributed by atoms with Crippen molar-refractivity contribution in [2.24, 2.45) is 0 Å². The Hall–Kier alpha value is -7.22. The van der Waals surface area contributed by atoms with Crippen molar-refractivity contribution in [3.8, 4) is 44.5 Å². The van der Waals surface area contributed by atoms with Gasteiger partial charge in [0.15, 0.2) is 0 Å². The molecule has 1 nitrogen and oxygen atoms in total. The van der Waals surface area contributed by atoms with Crippen molar-refractivity contribution in [2.45, 2.75) is 0 Å². The minimum absolute atomic E-state index is 1.09. The minimum atomic E-state index is 1.09. The molecule has 260 valence electrons. The molecule has 0 saturated carbocycles. The number of benzene rings is 9. The van der Waals surface area contributed by atoms with Crippen LogP contribution in [0.1, 0.15) is 11.1 Å². The highest BCUT2D eigenvalue weighted by Crippen LogP contribution is 2.52. The van der Waals surface area contributed by atoms with E-state index >= 15 is 0 Å². The third kappa shape index (κ3) is 6.88. The van der Waals surface area contributed by atoms with Crippen LogP contribution in [0.2, 0.25) is 0 Å². The van der Waals surface area contributed by atoms with Crippen LogP contribution in [-0.4, -0.2) is 0 Å². The Bertz CT molecular complexity index is 2690. The molecule has 9 aromatic carbocycles. The zero-order chi connectivity index (χ0) is 36.8. The monoisotopic (exact) mass is 701 g/mol. The third-order valence-corrected chi connectivity index (χ3v) is 10.2. The Morgan fingerprint density at radius 2 is 0.600 bits per heavy atom. The van der Waals surface area contributed by atoms with Crippen molar-refractivity contribution in [1.82, 2.24) is 0 Å². The van der Waals surface area contributed by atoms with Crippen LogP contribution in [0.3, 0.4) is 0 Å². The molecule has 0 aromatic heterocycles. The van der Waals surface area contributed by atoms with Gasteiger partial charge in [-0.1, -0.05) is 200 Å². The molecule has 9 rings (SSSR count). The van der Waals surface area contributed by atoms with Crippen molar-refractivity contribution in [3.05, 3.63) is 236 Å². The maximum atomic E-state index is 2.40. The zero-order valence-electron chi connectivity index (χ0n) is 30.5. The molecule has 0 bridgehead atoms. The average molecular weight is 702 g/mol. The Labute approximate surface area is 323 Å². The summed E-state index contributed by atoms with van der Waals surface area (Å²) in [5, 5.41) is 2.41. The zero-order valence-corrected chi connectivity index (χ0v) is 30.5. The van der Waals surface area contributed by atoms with Crippen molar-refractivity contribution >= 4 is 40.0 Å². The maximum Gasteiger partial charge on any atom is 0.0468 e. The lowest BCUT2D eigenvalue weighted by Crippen LogP contribution is -2.10. The summed E-state index contributed by atoms with van der Waals surface area (Å²) in [6.07, 6.45) is 4.34. The summed E-state index contributed by atoms with van der Waals surface area (Å²) in [5.74, 6) is 0. The van der Waals surface area contributed by atoms with Gasteiger partial charge in [-0.05, 0) is 103 Å². The molecule has 0 unspecified atom stereocenters. The molecule has 0 N–H and O–H groups in total. The molecule has 0 saturated heterocycles. The number of anilines is 3. The van der Waals surface area contributed by atoms with Crippen molar-refractivity contribution in [2.75, 3.05) is 4.90 Å². The molecular formula is C54H39N. The molecule has 0 aliphatic carbocycles. The second-order valence-corrected chi connectivity index (χ2v) is 13.7. The second-order valence-electron chi connectivity index (χ2n) is 13.7. The van der Waals surface area contributed by atoms with Gasteiger partial charge < -0.3 is 4.90 Å². The molecule has 0 fully saturated rings. The van der Waals surface area contributed by atoms with Crippen LogP contribution in [-0.2, 0) is 0 Å². The van der Waals surface area contributed by atoms with E-state index in [1.165, 1.54) is 60.8 Å². The van der Waals surface area contributed by atoms with Crippen LogP contribution in [0.25, 0.3) is 67.4 Å². The quantitative estimate of drug-likeness (QED) is 0.135. The summed E-state index contributed by atoms with van der Waals surface area (Å²) in [4.78, 5) is 2.37. The first-order valence-corrected chi connectivity index (χ1v) is 18.9. The van der Waals surface area contributed by atoms with Gasteiger partial charge in [-0.2, -0.15) is 0 Å². The summed E-state index contributed by atoms with van der Waals surface area (Å²) in [7, 11) is 0. The number of hydrogen-bond donors (Lipinski definition) is 0. The van der Waals surface area contributed by atoms with E-state index in [0.29, 0.717) is 0 Å². The van der Waals surface area contributed by atoms with Crippen LogP contribution >= 0.6 is 0 Å². The highest BCUT2D eigenvalue weighted by molar-refractivity contribution is 6.19. The van der Waals surface area contributed by atoms with E-state index in [2.05, 4.69) is 235 Å². The summed E-state index contributed by atoms with van der Waals surface area (Å²) < 4.78 is 0. The highest BCUT2D eigenvalue weighted by atomic mass is 15.1. The number of hydrogen-bond acceptors (Lipinski definition) is 1. The molecule has 0 radical (unpaired) electrons. The molecule has 0 aliphatic heterocycles. The van der Waals surface area contributed by atoms with Crippen LogP contribution < -0.4 is 4.90 Å². The van der Waals surface area contributed by atoms with Gasteiger partial charge in [0, 0.05) is 17.1 Å². The summed E-state index contributed by atoms with van der Waals surface area (Å²) in [6.45, 7) is 0. The third-order valence-electron chi connectivity index (χ3n) is 10.2. The number of rotatable bonds is 9. The summed E-state index contributed by atoms with van der Waals surface area (Å²) >= 11 is 0. The van der Waals surface area contributed by atoms with Crippen LogP contribution in [0.5, 0.6) is 0 Å². The first-order valence-electron chi connectivity index (χ1n) is 18.9. The van der Waals surface area contributed by atoms with E-state index in [1.807, 2.05) is 6.07 Å². The van der Waals surface area contributed by atoms with E-state index in [4.69, 9.17) is 0 Å². The Morgan fingerprint density at radius 1 is 0.255 bits per heavy atom. The maximum absolute atomic E-state index is 2.40. The number of para-hydroxylation sites is 1. The predicted octanol–water partition coefficient (Wildman–Crippen LogP) is 15.1. The topological polar surface area (TPSA) is 3.24 Å². The summed E-state index contributed by atoms with van der Waals surface area (Å²) in [6, 6.07) is 80.6. The van der Waals surface area contributed by atoms with Crippen LogP contribution in [0.15, 0.2) is 224 Å². The van der Waals surface area contributed by atoms with Gasteiger partial charge in [0.25, 0.3) is 0 Å². The lowest BCUT2D eigenvalue weighted by atomic mass is 9.79. The van der Waals surface area contributed by atoms with E-state index in [9.17, 15) is 0 Å². The van der Waals surface area contributed by atoms with Crippen molar-refractivity contribution in [1.29, 1.82) is 0 Å². The van der Waals surface area contributed by atoms with Crippen LogP contribution in [0.4, 0.5) is 17.1 Å². The van der Waals surface area contributed by atoms with E-state index < -0.39 is 0 Å². The highest BCUT2D eigenvalue weighted by Gasteiger charge is 2.25. The van der Waals surface area contributed by atoms with Gasteiger partial charge in [0.2, 0.25) is 0 Å². The smallest absolute Gasteiger partial charge is 0.0468 e. The van der Waals surface area contributed by atoms with Gasteiger partial charge in [-0.25, -0.2) is 0 Å². The first-order chi connectivity index (χ1) is 27.3. The van der Waals surface area contributed by atoms with Gasteiger partial charge in [-0.3, -0.25) is 0 Å². The molecule has 0 spiro atoms. The molecule has 0 aliphatic rings. The average Bonchev–Trinajstić information content (AvgIpc) is 3.27. The normalized spacial score (nSPS) is 11.2. The largest absolute Gasteiger partial charge is 0.310 e. The standard InChI is InChI=1S/C54H39N/c1-7-19-40(20-8-1)31-32-41-33-35-47(36-34-41)55(46-29-17-6-18-30-46)48-37-38-49-50(39-48)52(43-23-11-3-12-24-43)54(45-27-15-5-16-28-45)53(44-25-13-4-14-26-44)51(49)42-21-9-2-10-22-42/h1-39H/b32-31+. The second kappa shape index (κ2) is 15.4. The van der Waals surface area contributed by atoms with Crippen molar-refractivity contribution < 1.29 is 0 Å².